The first-order valence-electron chi connectivity index (χ1n) is 10.9. The third kappa shape index (κ3) is 5.80. The fourth-order valence-corrected chi connectivity index (χ4v) is 5.63. The number of primary sulfonamides is 1. The Kier molecular flexibility index (Phi) is 7.29. The van der Waals surface area contributed by atoms with Crippen molar-refractivity contribution in [2.24, 2.45) is 5.14 Å². The second kappa shape index (κ2) is 9.97. The molecule has 0 saturated carbocycles. The van der Waals surface area contributed by atoms with E-state index in [0.717, 1.165) is 29.8 Å². The second-order valence-electron chi connectivity index (χ2n) is 8.58. The minimum Gasteiger partial charge on any atom is -0.406 e. The summed E-state index contributed by atoms with van der Waals surface area (Å²) >= 11 is 5.89. The van der Waals surface area contributed by atoms with Crippen molar-refractivity contribution in [3.8, 4) is 5.75 Å². The van der Waals surface area contributed by atoms with Gasteiger partial charge in [-0.05, 0) is 61.3 Å². The van der Waals surface area contributed by atoms with E-state index in [-0.39, 0.29) is 29.1 Å². The second-order valence-corrected chi connectivity index (χ2v) is 10.5. The summed E-state index contributed by atoms with van der Waals surface area (Å²) < 4.78 is 83.2. The minimum absolute atomic E-state index is 0.0220. The van der Waals surface area contributed by atoms with Crippen molar-refractivity contribution in [1.82, 2.24) is 9.88 Å². The molecule has 1 aliphatic heterocycles. The fraction of sp³-hybridized carbons (Fsp3) is 0.292. The summed E-state index contributed by atoms with van der Waals surface area (Å²) in [6.07, 6.45) is -3.49. The van der Waals surface area contributed by atoms with Crippen LogP contribution in [-0.2, 0) is 22.0 Å². The van der Waals surface area contributed by atoms with Gasteiger partial charge in [0.1, 0.15) is 11.6 Å². The maximum absolute atomic E-state index is 15.3. The Morgan fingerprint density at radius 1 is 1.08 bits per heavy atom. The van der Waals surface area contributed by atoms with Crippen LogP contribution >= 0.6 is 11.6 Å². The summed E-state index contributed by atoms with van der Waals surface area (Å²) in [7, 11) is -4.40. The molecule has 1 aliphatic rings. The number of hydrogen-bond acceptors (Lipinski definition) is 5. The molecule has 1 saturated heterocycles. The number of ether oxygens (including phenoxy) is 1. The van der Waals surface area contributed by atoms with E-state index >= 15 is 4.39 Å². The van der Waals surface area contributed by atoms with Crippen LogP contribution < -0.4 is 9.88 Å². The van der Waals surface area contributed by atoms with Crippen molar-refractivity contribution in [3.63, 3.8) is 0 Å². The van der Waals surface area contributed by atoms with Gasteiger partial charge in [-0.2, -0.15) is 0 Å². The minimum atomic E-state index is -5.02. The van der Waals surface area contributed by atoms with Gasteiger partial charge in [0, 0.05) is 18.2 Å². The Hall–Kier alpha value is -2.73. The van der Waals surface area contributed by atoms with Crippen LogP contribution in [0.5, 0.6) is 5.75 Å². The molecule has 0 atom stereocenters. The number of likely N-dealkylation sites (tertiary alicyclic amines) is 1. The first kappa shape index (κ1) is 26.3. The summed E-state index contributed by atoms with van der Waals surface area (Å²) in [5, 5.41) is 5.46. The Morgan fingerprint density at radius 3 is 2.33 bits per heavy atom. The lowest BCUT2D eigenvalue weighted by atomic mass is 9.69. The molecule has 2 N–H and O–H groups in total. The standard InChI is InChI=1S/C24H22ClF4N3O3S/c25-17-12-20(26)22(31-14-17)23(8-10-32(11-9-23)15-16-4-2-1-3-5-16)19-13-18(35-24(27,28)29)6-7-21(19)36(30,33)34/h1-7,12-14H,8-11,15H2,(H2,30,33,34). The van der Waals surface area contributed by atoms with Crippen molar-refractivity contribution in [3.05, 3.63) is 88.5 Å². The number of halogens is 5. The average molecular weight is 544 g/mol. The Morgan fingerprint density at radius 2 is 1.75 bits per heavy atom. The number of rotatable bonds is 6. The summed E-state index contributed by atoms with van der Waals surface area (Å²) in [5.74, 6) is -1.45. The van der Waals surface area contributed by atoms with Gasteiger partial charge >= 0.3 is 6.36 Å². The molecule has 12 heteroatoms. The van der Waals surface area contributed by atoms with E-state index in [1.54, 1.807) is 0 Å². The van der Waals surface area contributed by atoms with Crippen LogP contribution in [0.4, 0.5) is 17.6 Å². The number of hydrogen-bond donors (Lipinski definition) is 1. The first-order valence-corrected chi connectivity index (χ1v) is 12.8. The molecule has 1 aromatic heterocycles. The van der Waals surface area contributed by atoms with Gasteiger partial charge in [-0.3, -0.25) is 9.88 Å². The van der Waals surface area contributed by atoms with Crippen molar-refractivity contribution in [1.29, 1.82) is 0 Å². The van der Waals surface area contributed by atoms with Crippen LogP contribution in [0, 0.1) is 5.82 Å². The van der Waals surface area contributed by atoms with Gasteiger partial charge in [-0.15, -0.1) is 13.2 Å². The molecular weight excluding hydrogens is 522 g/mol. The van der Waals surface area contributed by atoms with Gasteiger partial charge in [0.25, 0.3) is 0 Å². The Bertz CT molecular complexity index is 1350. The lowest BCUT2D eigenvalue weighted by Gasteiger charge is -2.42. The van der Waals surface area contributed by atoms with Gasteiger partial charge in [0.2, 0.25) is 10.0 Å². The van der Waals surface area contributed by atoms with Crippen LogP contribution in [0.25, 0.3) is 0 Å². The van der Waals surface area contributed by atoms with Crippen molar-refractivity contribution in [2.75, 3.05) is 13.1 Å². The predicted octanol–water partition coefficient (Wildman–Crippen LogP) is 5.00. The van der Waals surface area contributed by atoms with Gasteiger partial charge in [-0.1, -0.05) is 41.9 Å². The number of pyridine rings is 1. The highest BCUT2D eigenvalue weighted by Crippen LogP contribution is 2.46. The highest BCUT2D eigenvalue weighted by atomic mass is 35.5. The first-order chi connectivity index (χ1) is 16.9. The summed E-state index contributed by atoms with van der Waals surface area (Å²) in [6, 6.07) is 13.4. The lowest BCUT2D eigenvalue weighted by Crippen LogP contribution is -2.45. The van der Waals surface area contributed by atoms with Gasteiger partial charge in [0.15, 0.2) is 0 Å². The highest BCUT2D eigenvalue weighted by Gasteiger charge is 2.44. The van der Waals surface area contributed by atoms with Crippen molar-refractivity contribution < 1.29 is 30.7 Å². The van der Waals surface area contributed by atoms with Gasteiger partial charge in [0.05, 0.1) is 15.6 Å². The maximum atomic E-state index is 15.3. The third-order valence-corrected chi connectivity index (χ3v) is 7.40. The van der Waals surface area contributed by atoms with E-state index in [9.17, 15) is 21.6 Å². The number of piperidine rings is 1. The number of aromatic nitrogens is 1. The smallest absolute Gasteiger partial charge is 0.406 e. The molecule has 4 rings (SSSR count). The molecule has 2 aromatic carbocycles. The summed E-state index contributed by atoms with van der Waals surface area (Å²) in [4.78, 5) is 5.83. The highest BCUT2D eigenvalue weighted by molar-refractivity contribution is 7.89. The molecule has 6 nitrogen and oxygen atoms in total. The van der Waals surface area contributed by atoms with Crippen LogP contribution in [0.15, 0.2) is 65.7 Å². The zero-order chi connectivity index (χ0) is 26.1. The molecule has 2 heterocycles. The monoisotopic (exact) mass is 543 g/mol. The number of benzene rings is 2. The zero-order valence-electron chi connectivity index (χ0n) is 18.8. The largest absolute Gasteiger partial charge is 0.573 e. The van der Waals surface area contributed by atoms with Crippen LogP contribution in [0.3, 0.4) is 0 Å². The topological polar surface area (TPSA) is 85.5 Å². The van der Waals surface area contributed by atoms with Gasteiger partial charge in [-0.25, -0.2) is 17.9 Å². The summed E-state index contributed by atoms with van der Waals surface area (Å²) in [5.41, 5.74) is -0.596. The molecule has 0 spiro atoms. The SMILES string of the molecule is NS(=O)(=O)c1ccc(OC(F)(F)F)cc1C1(c2ncc(Cl)cc2F)CCN(Cc2ccccc2)CC1. The van der Waals surface area contributed by atoms with E-state index in [2.05, 4.69) is 14.6 Å². The molecule has 0 aliphatic carbocycles. The molecule has 0 unspecified atom stereocenters. The molecule has 36 heavy (non-hydrogen) atoms. The van der Waals surface area contributed by atoms with Crippen LogP contribution in [-0.4, -0.2) is 37.8 Å². The van der Waals surface area contributed by atoms with Gasteiger partial charge < -0.3 is 4.74 Å². The molecule has 0 bridgehead atoms. The predicted molar refractivity (Wildman–Crippen MR) is 125 cm³/mol. The van der Waals surface area contributed by atoms with E-state index in [4.69, 9.17) is 16.7 Å². The number of sulfonamides is 1. The lowest BCUT2D eigenvalue weighted by molar-refractivity contribution is -0.274. The van der Waals surface area contributed by atoms with E-state index in [1.165, 1.54) is 6.20 Å². The molecule has 0 amide bonds. The van der Waals surface area contributed by atoms with E-state index in [0.29, 0.717) is 19.6 Å². The van der Waals surface area contributed by atoms with Crippen LogP contribution in [0.2, 0.25) is 5.02 Å². The van der Waals surface area contributed by atoms with E-state index in [1.807, 2.05) is 30.3 Å². The summed E-state index contributed by atoms with van der Waals surface area (Å²) in [6.45, 7) is 1.35. The molecule has 3 aromatic rings. The molecule has 0 radical (unpaired) electrons. The normalized spacial score (nSPS) is 16.6. The maximum Gasteiger partial charge on any atom is 0.573 e. The average Bonchev–Trinajstić information content (AvgIpc) is 2.79. The Labute approximate surface area is 210 Å². The molecular formula is C24H22ClF4N3O3S. The van der Waals surface area contributed by atoms with Crippen molar-refractivity contribution >= 4 is 21.6 Å². The quantitative estimate of drug-likeness (QED) is 0.442. The zero-order valence-corrected chi connectivity index (χ0v) is 20.4. The number of alkyl halides is 3. The number of nitrogens with zero attached hydrogens (tertiary/aromatic N) is 2. The van der Waals surface area contributed by atoms with Crippen molar-refractivity contribution in [2.45, 2.75) is 36.1 Å². The molecule has 1 fully saturated rings. The Balaban J connectivity index is 1.83. The molecule has 192 valence electrons. The van der Waals surface area contributed by atoms with E-state index < -0.39 is 38.3 Å². The number of nitrogens with two attached hydrogens (primary N) is 1. The van der Waals surface area contributed by atoms with Crippen LogP contribution in [0.1, 0.15) is 29.7 Å². The fourth-order valence-electron chi connectivity index (χ4n) is 4.66. The third-order valence-electron chi connectivity index (χ3n) is 6.23.